The zero-order valence-corrected chi connectivity index (χ0v) is 13.7. The van der Waals surface area contributed by atoms with Gasteiger partial charge in [-0.25, -0.2) is 4.99 Å². The number of hydrogen-bond donors (Lipinski definition) is 0. The molecule has 0 heterocycles. The Kier molecular flexibility index (Phi) is 4.40. The van der Waals surface area contributed by atoms with Gasteiger partial charge in [-0.05, 0) is 24.3 Å². The largest absolute Gasteiger partial charge is 0.477 e. The summed E-state index contributed by atoms with van der Waals surface area (Å²) < 4.78 is 6.36. The van der Waals surface area contributed by atoms with Crippen LogP contribution in [-0.2, 0) is 4.74 Å². The number of allylic oxidation sites excluding steroid dienone is 2. The average molecular weight is 366 g/mol. The van der Waals surface area contributed by atoms with Gasteiger partial charge in [-0.3, -0.25) is 4.79 Å². The highest BCUT2D eigenvalue weighted by molar-refractivity contribution is 9.10. The number of rotatable bonds is 3. The maximum absolute atomic E-state index is 12.4. The zero-order chi connectivity index (χ0) is 16.2. The molecule has 3 rings (SSSR count). The Hall–Kier alpha value is -2.64. The molecule has 2 aromatic carbocycles. The minimum Gasteiger partial charge on any atom is -0.477 e. The van der Waals surface area contributed by atoms with E-state index in [9.17, 15) is 4.79 Å². The second-order valence-corrected chi connectivity index (χ2v) is 5.77. The van der Waals surface area contributed by atoms with Crippen LogP contribution in [0, 0.1) is 12.3 Å². The lowest BCUT2D eigenvalue weighted by Crippen LogP contribution is -2.19. The quantitative estimate of drug-likeness (QED) is 0.760. The molecule has 2 aromatic rings. The second-order valence-electron chi connectivity index (χ2n) is 4.85. The predicted octanol–water partition coefficient (Wildman–Crippen LogP) is 4.30. The van der Waals surface area contributed by atoms with Crippen molar-refractivity contribution in [1.29, 1.82) is 0 Å². The molecule has 0 amide bonds. The van der Waals surface area contributed by atoms with Gasteiger partial charge in [-0.15, -0.1) is 6.42 Å². The minimum absolute atomic E-state index is 0.0469. The summed E-state index contributed by atoms with van der Waals surface area (Å²) in [7, 11) is 0. The number of ketones is 1. The minimum atomic E-state index is -0.175. The number of halogens is 1. The Bertz CT molecular complexity index is 858. The van der Waals surface area contributed by atoms with Gasteiger partial charge in [0, 0.05) is 21.7 Å². The van der Waals surface area contributed by atoms with E-state index in [1.165, 1.54) is 0 Å². The molecule has 112 valence electrons. The molecule has 0 aromatic heterocycles. The maximum atomic E-state index is 12.4. The highest BCUT2D eigenvalue weighted by atomic mass is 79.9. The van der Waals surface area contributed by atoms with Gasteiger partial charge in [-0.1, -0.05) is 46.1 Å². The lowest BCUT2D eigenvalue weighted by atomic mass is 9.93. The summed E-state index contributed by atoms with van der Waals surface area (Å²) in [4.78, 5) is 17.1. The van der Waals surface area contributed by atoms with Crippen LogP contribution in [0.25, 0.3) is 0 Å². The van der Waals surface area contributed by atoms with E-state index in [-0.39, 0.29) is 18.1 Å². The fraction of sp³-hybridized carbons (Fsp3) is 0.0526. The maximum Gasteiger partial charge on any atom is 0.228 e. The number of carbonyl (C=O) groups excluding carboxylic acids is 1. The number of aliphatic imine (C=N–C) groups is 1. The van der Waals surface area contributed by atoms with Crippen molar-refractivity contribution >= 4 is 33.1 Å². The zero-order valence-electron chi connectivity index (χ0n) is 12.1. The molecule has 1 aliphatic carbocycles. The summed E-state index contributed by atoms with van der Waals surface area (Å²) in [6.07, 6.45) is 6.85. The monoisotopic (exact) mass is 365 g/mol. The topological polar surface area (TPSA) is 38.7 Å². The molecule has 0 radical (unpaired) electrons. The van der Waals surface area contributed by atoms with E-state index in [1.807, 2.05) is 42.5 Å². The Morgan fingerprint density at radius 1 is 1.09 bits per heavy atom. The van der Waals surface area contributed by atoms with Crippen molar-refractivity contribution in [2.45, 2.75) is 0 Å². The van der Waals surface area contributed by atoms with Gasteiger partial charge in [0.15, 0.2) is 5.76 Å². The molecule has 0 N–H and O–H groups in total. The lowest BCUT2D eigenvalue weighted by molar-refractivity contribution is 0.0937. The van der Waals surface area contributed by atoms with Crippen molar-refractivity contribution in [3.05, 3.63) is 76.0 Å². The van der Waals surface area contributed by atoms with Crippen LogP contribution in [0.3, 0.4) is 0 Å². The highest BCUT2D eigenvalue weighted by Crippen LogP contribution is 2.25. The molecule has 23 heavy (non-hydrogen) atoms. The molecule has 0 spiro atoms. The van der Waals surface area contributed by atoms with Crippen molar-refractivity contribution in [1.82, 2.24) is 0 Å². The molecule has 0 bridgehead atoms. The normalized spacial score (nSPS) is 14.9. The third-order valence-corrected chi connectivity index (χ3v) is 3.86. The molecule has 0 atom stereocenters. The summed E-state index contributed by atoms with van der Waals surface area (Å²) in [5, 5.41) is 0. The second kappa shape index (κ2) is 6.64. The van der Waals surface area contributed by atoms with Crippen molar-refractivity contribution < 1.29 is 9.53 Å². The van der Waals surface area contributed by atoms with Crippen LogP contribution in [-0.4, -0.2) is 18.1 Å². The molecule has 4 heteroatoms. The van der Waals surface area contributed by atoms with E-state index < -0.39 is 0 Å². The van der Waals surface area contributed by atoms with Crippen LogP contribution in [0.15, 0.2) is 69.8 Å². The van der Waals surface area contributed by atoms with E-state index in [4.69, 9.17) is 11.2 Å². The van der Waals surface area contributed by atoms with E-state index >= 15 is 0 Å². The summed E-state index contributed by atoms with van der Waals surface area (Å²) in [5.74, 6) is 2.41. The number of hydrogen-bond acceptors (Lipinski definition) is 3. The molecule has 0 aliphatic heterocycles. The molecular formula is C19H12BrNO2. The van der Waals surface area contributed by atoms with Gasteiger partial charge < -0.3 is 4.74 Å². The average Bonchev–Trinajstić information content (AvgIpc) is 2.58. The number of Topliss-reactive ketones (excluding diaryl/α,β-unsaturated/α-hetero) is 1. The molecule has 0 saturated carbocycles. The third kappa shape index (κ3) is 3.25. The Morgan fingerprint density at radius 3 is 2.48 bits per heavy atom. The van der Waals surface area contributed by atoms with Crippen LogP contribution in [0.2, 0.25) is 0 Å². The van der Waals surface area contributed by atoms with Crippen LogP contribution < -0.4 is 0 Å². The number of ether oxygens (including phenoxy) is 1. The summed E-state index contributed by atoms with van der Waals surface area (Å²) in [5.41, 5.74) is 2.82. The first-order valence-electron chi connectivity index (χ1n) is 6.95. The molecule has 3 nitrogen and oxygen atoms in total. The Morgan fingerprint density at radius 2 is 1.78 bits per heavy atom. The summed E-state index contributed by atoms with van der Waals surface area (Å²) in [6, 6.07) is 15.0. The van der Waals surface area contributed by atoms with Gasteiger partial charge in [-0.2, -0.15) is 0 Å². The number of nitrogens with zero attached hydrogens (tertiary/aromatic N) is 1. The Labute approximate surface area is 142 Å². The number of fused-ring (bicyclic) bond motifs is 1. The van der Waals surface area contributed by atoms with E-state index in [0.29, 0.717) is 11.3 Å². The van der Waals surface area contributed by atoms with Gasteiger partial charge >= 0.3 is 0 Å². The lowest BCUT2D eigenvalue weighted by Gasteiger charge is -2.17. The molecule has 0 unspecified atom stereocenters. The van der Waals surface area contributed by atoms with Gasteiger partial charge in [0.25, 0.3) is 0 Å². The molecule has 0 fully saturated rings. The van der Waals surface area contributed by atoms with E-state index in [0.717, 1.165) is 15.7 Å². The highest BCUT2D eigenvalue weighted by Gasteiger charge is 2.25. The summed E-state index contributed by atoms with van der Waals surface area (Å²) in [6.45, 7) is 0.0469. The number of terminal acetylenes is 1. The van der Waals surface area contributed by atoms with Crippen LogP contribution in [0.1, 0.15) is 15.9 Å². The predicted molar refractivity (Wildman–Crippen MR) is 94.0 cm³/mol. The van der Waals surface area contributed by atoms with Gasteiger partial charge in [0.1, 0.15) is 6.61 Å². The fourth-order valence-electron chi connectivity index (χ4n) is 2.28. The van der Waals surface area contributed by atoms with Crippen molar-refractivity contribution in [2.75, 3.05) is 6.61 Å². The first-order valence-corrected chi connectivity index (χ1v) is 7.74. The van der Waals surface area contributed by atoms with Crippen LogP contribution in [0.4, 0.5) is 5.69 Å². The first-order chi connectivity index (χ1) is 11.2. The van der Waals surface area contributed by atoms with Crippen LogP contribution in [0.5, 0.6) is 0 Å². The first kappa shape index (κ1) is 15.3. The number of carbonyl (C=O) groups is 1. The summed E-state index contributed by atoms with van der Waals surface area (Å²) >= 11 is 3.40. The van der Waals surface area contributed by atoms with Crippen molar-refractivity contribution in [2.24, 2.45) is 4.99 Å². The molecule has 0 saturated heterocycles. The molecular weight excluding hydrogens is 354 g/mol. The van der Waals surface area contributed by atoms with Gasteiger partial charge in [0.2, 0.25) is 5.78 Å². The van der Waals surface area contributed by atoms with Crippen LogP contribution >= 0.6 is 15.9 Å². The van der Waals surface area contributed by atoms with Crippen molar-refractivity contribution in [3.63, 3.8) is 0 Å². The third-order valence-electron chi connectivity index (χ3n) is 3.33. The SMILES string of the molecule is C#CCOC1=CC(=Nc2ccc(Br)cc2)c2ccccc2C1=O. The number of benzene rings is 2. The Balaban J connectivity index is 2.08. The van der Waals surface area contributed by atoms with E-state index in [2.05, 4.69) is 26.8 Å². The smallest absolute Gasteiger partial charge is 0.228 e. The fourth-order valence-corrected chi connectivity index (χ4v) is 2.54. The van der Waals surface area contributed by atoms with Gasteiger partial charge in [0.05, 0.1) is 11.4 Å². The molecule has 1 aliphatic rings. The van der Waals surface area contributed by atoms with E-state index in [1.54, 1.807) is 12.1 Å². The van der Waals surface area contributed by atoms with Crippen molar-refractivity contribution in [3.8, 4) is 12.3 Å². The standard InChI is InChI=1S/C19H12BrNO2/c1-2-11-23-18-12-17(21-14-9-7-13(20)8-10-14)15-5-3-4-6-16(15)19(18)22/h1,3-10,12H,11H2.